The Morgan fingerprint density at radius 1 is 0.538 bits per heavy atom. The average molecular weight is 386 g/mol. The van der Waals surface area contributed by atoms with Crippen LogP contribution < -0.4 is 0 Å². The summed E-state index contributed by atoms with van der Waals surface area (Å²) >= 11 is 0. The van der Waals surface area contributed by atoms with E-state index in [-0.39, 0.29) is 25.7 Å². The topological polar surface area (TPSA) is 0 Å². The molecule has 0 nitrogen and oxygen atoms in total. The molecule has 146 valence electrons. The van der Waals surface area contributed by atoms with Gasteiger partial charge in [0.15, 0.2) is 0 Å². The standard InChI is InChI=1S/C18H18F8/c1-3-5-11-7-9-13(17(23,24)15(11,19)20)14-10-8-12(6-4-2)16(21,22)18(14,25)26/h7-10H,3-6H2,1-2H3. The van der Waals surface area contributed by atoms with Crippen LogP contribution >= 0.6 is 0 Å². The van der Waals surface area contributed by atoms with E-state index in [1.165, 1.54) is 13.8 Å². The van der Waals surface area contributed by atoms with E-state index in [1.54, 1.807) is 0 Å². The van der Waals surface area contributed by atoms with Crippen molar-refractivity contribution in [1.29, 1.82) is 0 Å². The summed E-state index contributed by atoms with van der Waals surface area (Å²) in [6.07, 6.45) is 1.60. The summed E-state index contributed by atoms with van der Waals surface area (Å²) in [6, 6.07) is 0. The van der Waals surface area contributed by atoms with Gasteiger partial charge in [-0.2, -0.15) is 35.1 Å². The molecule has 0 aromatic heterocycles. The largest absolute Gasteiger partial charge is 0.339 e. The Morgan fingerprint density at radius 2 is 0.846 bits per heavy atom. The third kappa shape index (κ3) is 2.81. The van der Waals surface area contributed by atoms with E-state index in [1.807, 2.05) is 0 Å². The second-order valence-electron chi connectivity index (χ2n) is 6.34. The summed E-state index contributed by atoms with van der Waals surface area (Å²) in [4.78, 5) is 0. The lowest BCUT2D eigenvalue weighted by Gasteiger charge is -2.39. The first kappa shape index (κ1) is 20.7. The molecule has 0 radical (unpaired) electrons. The lowest BCUT2D eigenvalue weighted by Crippen LogP contribution is -2.51. The molecule has 0 fully saturated rings. The third-order valence-electron chi connectivity index (χ3n) is 4.50. The van der Waals surface area contributed by atoms with E-state index in [2.05, 4.69) is 0 Å². The molecule has 0 aromatic rings. The van der Waals surface area contributed by atoms with Crippen molar-refractivity contribution in [3.8, 4) is 0 Å². The van der Waals surface area contributed by atoms with Gasteiger partial charge in [-0.1, -0.05) is 51.0 Å². The van der Waals surface area contributed by atoms with Gasteiger partial charge in [-0.3, -0.25) is 0 Å². The van der Waals surface area contributed by atoms with Gasteiger partial charge < -0.3 is 0 Å². The summed E-state index contributed by atoms with van der Waals surface area (Å²) in [7, 11) is 0. The van der Waals surface area contributed by atoms with Gasteiger partial charge >= 0.3 is 23.7 Å². The highest BCUT2D eigenvalue weighted by Crippen LogP contribution is 2.57. The van der Waals surface area contributed by atoms with E-state index < -0.39 is 46.0 Å². The molecule has 2 aliphatic rings. The molecular formula is C18H18F8. The molecule has 0 spiro atoms. The van der Waals surface area contributed by atoms with Crippen LogP contribution in [0.4, 0.5) is 35.1 Å². The Labute approximate surface area is 145 Å². The van der Waals surface area contributed by atoms with Crippen molar-refractivity contribution in [2.75, 3.05) is 0 Å². The number of halogens is 8. The van der Waals surface area contributed by atoms with E-state index >= 15 is 0 Å². The molecule has 26 heavy (non-hydrogen) atoms. The highest BCUT2D eigenvalue weighted by molar-refractivity contribution is 5.55. The number of hydrogen-bond acceptors (Lipinski definition) is 0. The number of allylic oxidation sites excluding steroid dienone is 8. The number of hydrogen-bond donors (Lipinski definition) is 0. The zero-order chi connectivity index (χ0) is 20.0. The van der Waals surface area contributed by atoms with Gasteiger partial charge in [-0.25, -0.2) is 0 Å². The molecule has 2 rings (SSSR count). The van der Waals surface area contributed by atoms with Crippen LogP contribution in [-0.4, -0.2) is 23.7 Å². The fourth-order valence-electron chi connectivity index (χ4n) is 3.07. The highest BCUT2D eigenvalue weighted by atomic mass is 19.3. The van der Waals surface area contributed by atoms with Crippen LogP contribution in [-0.2, 0) is 0 Å². The maximum atomic E-state index is 14.3. The summed E-state index contributed by atoms with van der Waals surface area (Å²) in [5, 5.41) is 0. The fraction of sp³-hybridized carbons (Fsp3) is 0.556. The molecule has 0 unspecified atom stereocenters. The van der Waals surface area contributed by atoms with Crippen LogP contribution in [0.3, 0.4) is 0 Å². The van der Waals surface area contributed by atoms with Crippen molar-refractivity contribution in [3.05, 3.63) is 46.6 Å². The van der Waals surface area contributed by atoms with Crippen LogP contribution in [0.15, 0.2) is 46.6 Å². The van der Waals surface area contributed by atoms with Crippen molar-refractivity contribution in [3.63, 3.8) is 0 Å². The van der Waals surface area contributed by atoms with Crippen molar-refractivity contribution in [1.82, 2.24) is 0 Å². The second kappa shape index (κ2) is 6.53. The minimum absolute atomic E-state index is 0.140. The van der Waals surface area contributed by atoms with Gasteiger partial charge in [-0.05, 0) is 12.8 Å². The van der Waals surface area contributed by atoms with E-state index in [0.717, 1.165) is 0 Å². The number of rotatable bonds is 5. The Kier molecular flexibility index (Phi) is 5.20. The highest BCUT2D eigenvalue weighted by Gasteiger charge is 2.68. The zero-order valence-electron chi connectivity index (χ0n) is 14.2. The Balaban J connectivity index is 2.63. The summed E-state index contributed by atoms with van der Waals surface area (Å²) < 4.78 is 114. The molecule has 0 atom stereocenters. The summed E-state index contributed by atoms with van der Waals surface area (Å²) in [5.74, 6) is -19.5. The molecular weight excluding hydrogens is 368 g/mol. The maximum absolute atomic E-state index is 14.3. The van der Waals surface area contributed by atoms with Crippen LogP contribution in [0.2, 0.25) is 0 Å². The maximum Gasteiger partial charge on any atom is 0.339 e. The van der Waals surface area contributed by atoms with Gasteiger partial charge in [0, 0.05) is 22.3 Å². The van der Waals surface area contributed by atoms with Crippen LogP contribution in [0.25, 0.3) is 0 Å². The van der Waals surface area contributed by atoms with Crippen molar-refractivity contribution in [2.45, 2.75) is 63.2 Å². The molecule has 0 saturated carbocycles. The minimum Gasteiger partial charge on any atom is -0.194 e. The predicted octanol–water partition coefficient (Wildman–Crippen LogP) is 6.86. The molecule has 2 aliphatic carbocycles. The van der Waals surface area contributed by atoms with E-state index in [0.29, 0.717) is 24.3 Å². The zero-order valence-corrected chi connectivity index (χ0v) is 14.2. The van der Waals surface area contributed by atoms with E-state index in [4.69, 9.17) is 0 Å². The molecule has 0 N–H and O–H groups in total. The monoisotopic (exact) mass is 386 g/mol. The molecule has 0 saturated heterocycles. The summed E-state index contributed by atoms with van der Waals surface area (Å²) in [6.45, 7) is 2.99. The Bertz CT molecular complexity index is 632. The first-order valence-corrected chi connectivity index (χ1v) is 8.20. The van der Waals surface area contributed by atoms with Crippen molar-refractivity contribution < 1.29 is 35.1 Å². The predicted molar refractivity (Wildman–Crippen MR) is 81.9 cm³/mol. The van der Waals surface area contributed by atoms with Crippen LogP contribution in [0, 0.1) is 0 Å². The van der Waals surface area contributed by atoms with Gasteiger partial charge in [0.1, 0.15) is 0 Å². The Morgan fingerprint density at radius 3 is 1.12 bits per heavy atom. The molecule has 0 amide bonds. The SMILES string of the molecule is CCCC1=CC=C(C2=CC=C(CCC)C(F)(F)C2(F)F)C(F)(F)C1(F)F. The summed E-state index contributed by atoms with van der Waals surface area (Å²) in [5.41, 5.74) is -5.39. The Hall–Kier alpha value is -1.60. The van der Waals surface area contributed by atoms with Crippen molar-refractivity contribution >= 4 is 0 Å². The molecule has 8 heteroatoms. The molecule has 0 heterocycles. The second-order valence-corrected chi connectivity index (χ2v) is 6.34. The van der Waals surface area contributed by atoms with Gasteiger partial charge in [0.05, 0.1) is 0 Å². The lowest BCUT2D eigenvalue weighted by molar-refractivity contribution is -0.181. The molecule has 0 aliphatic heterocycles. The van der Waals surface area contributed by atoms with Gasteiger partial charge in [0.2, 0.25) is 0 Å². The van der Waals surface area contributed by atoms with Gasteiger partial charge in [-0.15, -0.1) is 0 Å². The van der Waals surface area contributed by atoms with Crippen molar-refractivity contribution in [2.24, 2.45) is 0 Å². The average Bonchev–Trinajstić information content (AvgIpc) is 2.52. The first-order valence-electron chi connectivity index (χ1n) is 8.20. The lowest BCUT2D eigenvalue weighted by atomic mass is 9.78. The molecule has 0 aromatic carbocycles. The van der Waals surface area contributed by atoms with Crippen LogP contribution in [0.5, 0.6) is 0 Å². The fourth-order valence-corrected chi connectivity index (χ4v) is 3.07. The van der Waals surface area contributed by atoms with E-state index in [9.17, 15) is 35.1 Å². The quantitative estimate of drug-likeness (QED) is 0.453. The minimum atomic E-state index is -5.02. The smallest absolute Gasteiger partial charge is 0.194 e. The van der Waals surface area contributed by atoms with Gasteiger partial charge in [0.25, 0.3) is 0 Å². The molecule has 0 bridgehead atoms. The normalized spacial score (nSPS) is 25.8. The first-order chi connectivity index (χ1) is 11.9. The third-order valence-corrected chi connectivity index (χ3v) is 4.50. The number of alkyl halides is 8. The van der Waals surface area contributed by atoms with Crippen LogP contribution in [0.1, 0.15) is 39.5 Å².